The van der Waals surface area contributed by atoms with Crippen LogP contribution in [0.1, 0.15) is 23.1 Å². The number of carbonyl (C=O) groups is 1. The smallest absolute Gasteiger partial charge is 0.277 e. The second-order valence-corrected chi connectivity index (χ2v) is 7.11. The van der Waals surface area contributed by atoms with E-state index in [0.29, 0.717) is 17.0 Å². The summed E-state index contributed by atoms with van der Waals surface area (Å²) in [6.45, 7) is 3.40. The normalized spacial score (nSPS) is 11.0. The van der Waals surface area contributed by atoms with Crippen molar-refractivity contribution in [3.63, 3.8) is 0 Å². The molecule has 3 rings (SSSR count). The van der Waals surface area contributed by atoms with E-state index in [0.717, 1.165) is 21.1 Å². The van der Waals surface area contributed by atoms with Crippen LogP contribution in [0.4, 0.5) is 0 Å². The van der Waals surface area contributed by atoms with Crippen molar-refractivity contribution >= 4 is 23.0 Å². The molecule has 1 heterocycles. The van der Waals surface area contributed by atoms with Gasteiger partial charge in [0.25, 0.3) is 5.91 Å². The van der Waals surface area contributed by atoms with Crippen molar-refractivity contribution in [1.82, 2.24) is 10.4 Å². The van der Waals surface area contributed by atoms with Crippen LogP contribution in [0.5, 0.6) is 11.5 Å². The summed E-state index contributed by atoms with van der Waals surface area (Å²) < 4.78 is 5.39. The molecule has 0 aliphatic rings. The number of carbonyl (C=O) groups excluding carboxylic acids is 1. The van der Waals surface area contributed by atoms with Gasteiger partial charge in [0.1, 0.15) is 22.6 Å². The van der Waals surface area contributed by atoms with E-state index in [1.165, 1.54) is 11.3 Å². The Morgan fingerprint density at radius 1 is 1.28 bits per heavy atom. The van der Waals surface area contributed by atoms with Crippen molar-refractivity contribution in [1.29, 1.82) is 5.26 Å². The number of para-hydroxylation sites is 1. The molecule has 2 N–H and O–H groups in total. The van der Waals surface area contributed by atoms with Gasteiger partial charge in [0.05, 0.1) is 21.8 Å². The number of benzene rings is 2. The molecule has 0 unspecified atom stereocenters. The van der Waals surface area contributed by atoms with Crippen LogP contribution in [0, 0.1) is 18.3 Å². The van der Waals surface area contributed by atoms with Crippen LogP contribution in [0.15, 0.2) is 53.6 Å². The second kappa shape index (κ2) is 8.99. The van der Waals surface area contributed by atoms with Crippen LogP contribution in [0.3, 0.4) is 0 Å². The summed E-state index contributed by atoms with van der Waals surface area (Å²) in [7, 11) is 0. The molecule has 1 amide bonds. The molecular weight excluding hydrogens is 388 g/mol. The highest BCUT2D eigenvalue weighted by molar-refractivity contribution is 7.17. The molecule has 0 fully saturated rings. The second-order valence-electron chi connectivity index (χ2n) is 6.11. The summed E-state index contributed by atoms with van der Waals surface area (Å²) in [6, 6.07) is 15.5. The Morgan fingerprint density at radius 3 is 2.72 bits per heavy atom. The predicted octanol–water partition coefficient (Wildman–Crippen LogP) is 3.62. The molecular formula is C21H18N4O3S. The molecule has 0 saturated heterocycles. The van der Waals surface area contributed by atoms with Gasteiger partial charge in [-0.2, -0.15) is 10.4 Å². The van der Waals surface area contributed by atoms with E-state index in [2.05, 4.69) is 15.5 Å². The molecule has 0 radical (unpaired) electrons. The number of hydrogen-bond donors (Lipinski definition) is 2. The van der Waals surface area contributed by atoms with Gasteiger partial charge in [0, 0.05) is 5.56 Å². The quantitative estimate of drug-likeness (QED) is 0.480. The molecule has 0 spiro atoms. The number of phenols is 1. The Hall–Kier alpha value is -3.70. The number of hydrogen-bond acceptors (Lipinski definition) is 7. The minimum atomic E-state index is -0.432. The lowest BCUT2D eigenvalue weighted by Gasteiger charge is -2.06. The van der Waals surface area contributed by atoms with Gasteiger partial charge >= 0.3 is 0 Å². The van der Waals surface area contributed by atoms with Gasteiger partial charge in [-0.1, -0.05) is 12.1 Å². The monoisotopic (exact) mass is 406 g/mol. The van der Waals surface area contributed by atoms with E-state index in [-0.39, 0.29) is 12.4 Å². The summed E-state index contributed by atoms with van der Waals surface area (Å²) in [6.07, 6.45) is 0. The molecule has 8 heteroatoms. The number of ether oxygens (including phenoxy) is 1. The van der Waals surface area contributed by atoms with E-state index in [4.69, 9.17) is 10.00 Å². The third-order valence-electron chi connectivity index (χ3n) is 3.95. The molecule has 0 saturated carbocycles. The van der Waals surface area contributed by atoms with E-state index in [1.54, 1.807) is 55.5 Å². The van der Waals surface area contributed by atoms with Crippen molar-refractivity contribution in [2.75, 3.05) is 6.61 Å². The number of amides is 1. The van der Waals surface area contributed by atoms with Gasteiger partial charge in [-0.15, -0.1) is 11.3 Å². The molecule has 0 bridgehead atoms. The van der Waals surface area contributed by atoms with Crippen LogP contribution < -0.4 is 10.2 Å². The number of rotatable bonds is 6. The van der Waals surface area contributed by atoms with Gasteiger partial charge in [0.2, 0.25) is 0 Å². The highest BCUT2D eigenvalue weighted by atomic mass is 32.1. The Labute approximate surface area is 171 Å². The predicted molar refractivity (Wildman–Crippen MR) is 111 cm³/mol. The first-order valence-electron chi connectivity index (χ1n) is 8.70. The minimum Gasteiger partial charge on any atom is -0.508 e. The van der Waals surface area contributed by atoms with Crippen molar-refractivity contribution in [2.24, 2.45) is 5.10 Å². The van der Waals surface area contributed by atoms with Crippen LogP contribution in [0.2, 0.25) is 0 Å². The summed E-state index contributed by atoms with van der Waals surface area (Å²) in [5.74, 6) is 0.114. The molecule has 7 nitrogen and oxygen atoms in total. The Balaban J connectivity index is 1.64. The van der Waals surface area contributed by atoms with E-state index < -0.39 is 5.91 Å². The number of nitrogens with zero attached hydrogens (tertiary/aromatic N) is 3. The maximum atomic E-state index is 12.0. The van der Waals surface area contributed by atoms with Gasteiger partial charge in [-0.3, -0.25) is 4.79 Å². The largest absolute Gasteiger partial charge is 0.508 e. The van der Waals surface area contributed by atoms with Crippen LogP contribution in [0.25, 0.3) is 10.6 Å². The Bertz CT molecular complexity index is 1100. The zero-order chi connectivity index (χ0) is 20.8. The van der Waals surface area contributed by atoms with E-state index >= 15 is 0 Å². The molecule has 0 aliphatic carbocycles. The van der Waals surface area contributed by atoms with Crippen molar-refractivity contribution in [2.45, 2.75) is 13.8 Å². The molecule has 146 valence electrons. The Morgan fingerprint density at radius 2 is 2.00 bits per heavy atom. The molecule has 29 heavy (non-hydrogen) atoms. The average molecular weight is 406 g/mol. The highest BCUT2D eigenvalue weighted by Gasteiger charge is 2.13. The first-order chi connectivity index (χ1) is 14.0. The Kier molecular flexibility index (Phi) is 6.22. The molecule has 1 aromatic heterocycles. The van der Waals surface area contributed by atoms with E-state index in [1.807, 2.05) is 13.0 Å². The zero-order valence-electron chi connectivity index (χ0n) is 15.8. The topological polar surface area (TPSA) is 108 Å². The third kappa shape index (κ3) is 4.97. The van der Waals surface area contributed by atoms with Crippen molar-refractivity contribution < 1.29 is 14.6 Å². The fraction of sp³-hybridized carbons (Fsp3) is 0.143. The molecule has 2 aromatic carbocycles. The van der Waals surface area contributed by atoms with Crippen LogP contribution in [-0.4, -0.2) is 28.3 Å². The first kappa shape index (κ1) is 20.0. The fourth-order valence-electron chi connectivity index (χ4n) is 2.52. The number of thiazole rings is 1. The third-order valence-corrected chi connectivity index (χ3v) is 5.27. The SMILES string of the molecule is C/C(=N\NC(=O)COc1ccccc1C#N)c1sc(-c2ccc(O)cc2)nc1C. The average Bonchev–Trinajstić information content (AvgIpc) is 3.12. The van der Waals surface area contributed by atoms with Crippen LogP contribution in [-0.2, 0) is 4.79 Å². The highest BCUT2D eigenvalue weighted by Crippen LogP contribution is 2.29. The van der Waals surface area contributed by atoms with Gasteiger partial charge in [-0.05, 0) is 50.2 Å². The van der Waals surface area contributed by atoms with Gasteiger partial charge < -0.3 is 9.84 Å². The molecule has 0 atom stereocenters. The number of hydrazone groups is 1. The summed E-state index contributed by atoms with van der Waals surface area (Å²) in [5.41, 5.74) is 5.13. The minimum absolute atomic E-state index is 0.197. The lowest BCUT2D eigenvalue weighted by atomic mass is 10.2. The summed E-state index contributed by atoms with van der Waals surface area (Å²) >= 11 is 1.45. The number of aromatic hydroxyl groups is 1. The van der Waals surface area contributed by atoms with Gasteiger partial charge in [0.15, 0.2) is 6.61 Å². The van der Waals surface area contributed by atoms with Crippen molar-refractivity contribution in [3.05, 3.63) is 64.7 Å². The number of aromatic nitrogens is 1. The lowest BCUT2D eigenvalue weighted by Crippen LogP contribution is -2.25. The molecule has 3 aromatic rings. The number of aryl methyl sites for hydroxylation is 1. The van der Waals surface area contributed by atoms with Crippen molar-refractivity contribution in [3.8, 4) is 28.1 Å². The molecule has 0 aliphatic heterocycles. The van der Waals surface area contributed by atoms with E-state index in [9.17, 15) is 9.90 Å². The fourth-order valence-corrected chi connectivity index (χ4v) is 3.53. The first-order valence-corrected chi connectivity index (χ1v) is 9.52. The maximum absolute atomic E-state index is 12.0. The number of phenolic OH excluding ortho intramolecular Hbond substituents is 1. The summed E-state index contributed by atoms with van der Waals surface area (Å²) in [5, 5.41) is 23.4. The summed E-state index contributed by atoms with van der Waals surface area (Å²) in [4.78, 5) is 17.4. The van der Waals surface area contributed by atoms with Gasteiger partial charge in [-0.25, -0.2) is 10.4 Å². The lowest BCUT2D eigenvalue weighted by molar-refractivity contribution is -0.123. The number of nitrogens with one attached hydrogen (secondary N) is 1. The zero-order valence-corrected chi connectivity index (χ0v) is 16.7. The maximum Gasteiger partial charge on any atom is 0.277 e. The number of nitriles is 1. The standard InChI is InChI=1S/C21H18N4O3S/c1-13-20(29-21(23-13)15-7-9-17(26)10-8-15)14(2)24-25-19(27)12-28-18-6-4-3-5-16(18)11-22/h3-10,26H,12H2,1-2H3,(H,25,27)/b24-14+. The van der Waals surface area contributed by atoms with Crippen LogP contribution >= 0.6 is 11.3 Å².